The molecule has 0 aliphatic carbocycles. The molecule has 0 bridgehead atoms. The van der Waals surface area contributed by atoms with Crippen LogP contribution in [0, 0.1) is 12.8 Å². The average Bonchev–Trinajstić information content (AvgIpc) is 3.07. The van der Waals surface area contributed by atoms with Crippen molar-refractivity contribution in [1.82, 2.24) is 30.0 Å². The minimum absolute atomic E-state index is 0.490. The van der Waals surface area contributed by atoms with Crippen LogP contribution in [0.2, 0.25) is 0 Å². The van der Waals surface area contributed by atoms with Crippen molar-refractivity contribution >= 4 is 17.0 Å². The van der Waals surface area contributed by atoms with E-state index in [-0.39, 0.29) is 0 Å². The molecule has 1 aliphatic rings. The number of imidazole rings is 1. The van der Waals surface area contributed by atoms with Gasteiger partial charge in [-0.05, 0) is 45.4 Å². The number of nitrogens with one attached hydrogen (secondary N) is 2. The van der Waals surface area contributed by atoms with E-state index in [1.165, 1.54) is 5.52 Å². The number of para-hydroxylation sites is 2. The standard InChI is InChI=1S/C24H41N7/c1-6-25-24(27-18-23(19(2)3)30-16-14-29(5)15-17-30)26-12-9-13-31-20(4)28-21-10-7-8-11-22(21)31/h7-8,10-11,19,23H,6,9,12-18H2,1-5H3,(H2,25,26,27). The Balaban J connectivity index is 1.53. The topological polar surface area (TPSA) is 60.7 Å². The molecule has 3 rings (SSSR count). The van der Waals surface area contributed by atoms with Gasteiger partial charge >= 0.3 is 0 Å². The maximum absolute atomic E-state index is 4.95. The van der Waals surface area contributed by atoms with Crippen LogP contribution in [0.1, 0.15) is 33.0 Å². The zero-order valence-corrected chi connectivity index (χ0v) is 20.1. The number of hydrogen-bond donors (Lipinski definition) is 2. The van der Waals surface area contributed by atoms with Crippen LogP contribution in [0.25, 0.3) is 11.0 Å². The largest absolute Gasteiger partial charge is 0.357 e. The summed E-state index contributed by atoms with van der Waals surface area (Å²) in [5.41, 5.74) is 2.29. The van der Waals surface area contributed by atoms with Gasteiger partial charge < -0.3 is 20.1 Å². The number of hydrogen-bond acceptors (Lipinski definition) is 4. The lowest BCUT2D eigenvalue weighted by Crippen LogP contribution is -2.52. The molecule has 2 N–H and O–H groups in total. The second kappa shape index (κ2) is 11.5. The Bertz CT molecular complexity index is 834. The molecular weight excluding hydrogens is 386 g/mol. The molecule has 2 heterocycles. The Hall–Kier alpha value is -2.12. The second-order valence-corrected chi connectivity index (χ2v) is 8.95. The zero-order chi connectivity index (χ0) is 22.2. The molecule has 1 fully saturated rings. The van der Waals surface area contributed by atoms with E-state index in [9.17, 15) is 0 Å². The first-order chi connectivity index (χ1) is 15.0. The molecule has 0 radical (unpaired) electrons. The quantitative estimate of drug-likeness (QED) is 0.366. The normalized spacial score (nSPS) is 17.4. The Morgan fingerprint density at radius 3 is 2.58 bits per heavy atom. The molecule has 7 heteroatoms. The number of piperazine rings is 1. The van der Waals surface area contributed by atoms with E-state index in [0.717, 1.165) is 76.1 Å². The van der Waals surface area contributed by atoms with E-state index in [4.69, 9.17) is 4.99 Å². The van der Waals surface area contributed by atoms with Crippen molar-refractivity contribution in [3.63, 3.8) is 0 Å². The summed E-state index contributed by atoms with van der Waals surface area (Å²) in [6, 6.07) is 8.85. The molecule has 1 atom stereocenters. The van der Waals surface area contributed by atoms with Crippen LogP contribution in [0.3, 0.4) is 0 Å². The highest BCUT2D eigenvalue weighted by Crippen LogP contribution is 2.16. The number of likely N-dealkylation sites (N-methyl/N-ethyl adjacent to an activating group) is 1. The third-order valence-corrected chi connectivity index (χ3v) is 6.25. The molecule has 1 aromatic carbocycles. The van der Waals surface area contributed by atoms with Crippen molar-refractivity contribution in [3.8, 4) is 0 Å². The van der Waals surface area contributed by atoms with Gasteiger partial charge in [-0.15, -0.1) is 0 Å². The van der Waals surface area contributed by atoms with Gasteiger partial charge in [-0.1, -0.05) is 26.0 Å². The van der Waals surface area contributed by atoms with Crippen LogP contribution < -0.4 is 10.6 Å². The molecule has 7 nitrogen and oxygen atoms in total. The van der Waals surface area contributed by atoms with Crippen LogP contribution in [-0.2, 0) is 6.54 Å². The van der Waals surface area contributed by atoms with Gasteiger partial charge in [0.15, 0.2) is 5.96 Å². The summed E-state index contributed by atoms with van der Waals surface area (Å²) >= 11 is 0. The molecule has 1 saturated heterocycles. The highest BCUT2D eigenvalue weighted by Gasteiger charge is 2.24. The van der Waals surface area contributed by atoms with Crippen molar-refractivity contribution in [2.75, 3.05) is 52.9 Å². The molecule has 0 saturated carbocycles. The van der Waals surface area contributed by atoms with Crippen LogP contribution in [0.15, 0.2) is 29.3 Å². The molecule has 1 aromatic heterocycles. The van der Waals surface area contributed by atoms with Crippen molar-refractivity contribution in [1.29, 1.82) is 0 Å². The minimum atomic E-state index is 0.490. The number of aromatic nitrogens is 2. The average molecular weight is 428 g/mol. The summed E-state index contributed by atoms with van der Waals surface area (Å²) in [5, 5.41) is 6.95. The molecule has 172 valence electrons. The van der Waals surface area contributed by atoms with Crippen molar-refractivity contribution in [2.45, 2.75) is 46.7 Å². The summed E-state index contributed by atoms with van der Waals surface area (Å²) in [6.07, 6.45) is 1.03. The predicted molar refractivity (Wildman–Crippen MR) is 131 cm³/mol. The summed E-state index contributed by atoms with van der Waals surface area (Å²) < 4.78 is 2.31. The van der Waals surface area contributed by atoms with Crippen LogP contribution >= 0.6 is 0 Å². The number of fused-ring (bicyclic) bond motifs is 1. The molecule has 0 spiro atoms. The summed E-state index contributed by atoms with van der Waals surface area (Å²) in [4.78, 5) is 14.6. The van der Waals surface area contributed by atoms with E-state index in [1.807, 2.05) is 6.07 Å². The lowest BCUT2D eigenvalue weighted by atomic mass is 10.0. The van der Waals surface area contributed by atoms with Gasteiger partial charge in [-0.3, -0.25) is 9.89 Å². The van der Waals surface area contributed by atoms with Crippen molar-refractivity contribution in [2.24, 2.45) is 10.9 Å². The fourth-order valence-corrected chi connectivity index (χ4v) is 4.35. The molecule has 31 heavy (non-hydrogen) atoms. The number of guanidine groups is 1. The number of nitrogens with zero attached hydrogens (tertiary/aromatic N) is 5. The highest BCUT2D eigenvalue weighted by atomic mass is 15.3. The summed E-state index contributed by atoms with van der Waals surface area (Å²) in [5.74, 6) is 2.59. The zero-order valence-electron chi connectivity index (χ0n) is 20.1. The van der Waals surface area contributed by atoms with Gasteiger partial charge in [0, 0.05) is 51.9 Å². The fraction of sp³-hybridized carbons (Fsp3) is 0.667. The monoisotopic (exact) mass is 427 g/mol. The van der Waals surface area contributed by atoms with Crippen molar-refractivity contribution < 1.29 is 0 Å². The smallest absolute Gasteiger partial charge is 0.191 e. The Kier molecular flexibility index (Phi) is 8.72. The lowest BCUT2D eigenvalue weighted by molar-refractivity contribution is 0.0925. The molecule has 0 amide bonds. The van der Waals surface area contributed by atoms with Gasteiger partial charge in [0.1, 0.15) is 5.82 Å². The molecule has 1 aliphatic heterocycles. The first kappa shape index (κ1) is 23.5. The van der Waals surface area contributed by atoms with Crippen LogP contribution in [0.5, 0.6) is 0 Å². The Labute approximate surface area is 187 Å². The van der Waals surface area contributed by atoms with E-state index in [0.29, 0.717) is 12.0 Å². The predicted octanol–water partition coefficient (Wildman–Crippen LogP) is 2.56. The number of rotatable bonds is 9. The lowest BCUT2D eigenvalue weighted by Gasteiger charge is -2.39. The summed E-state index contributed by atoms with van der Waals surface area (Å²) in [6.45, 7) is 17.0. The van der Waals surface area contributed by atoms with E-state index < -0.39 is 0 Å². The van der Waals surface area contributed by atoms with Gasteiger partial charge in [-0.2, -0.15) is 0 Å². The maximum Gasteiger partial charge on any atom is 0.191 e. The molecule has 1 unspecified atom stereocenters. The van der Waals surface area contributed by atoms with E-state index in [1.54, 1.807) is 0 Å². The second-order valence-electron chi connectivity index (χ2n) is 8.95. The number of benzene rings is 1. The highest BCUT2D eigenvalue weighted by molar-refractivity contribution is 5.79. The van der Waals surface area contributed by atoms with Crippen LogP contribution in [0.4, 0.5) is 0 Å². The van der Waals surface area contributed by atoms with Gasteiger partial charge in [0.25, 0.3) is 0 Å². The third kappa shape index (κ3) is 6.43. The van der Waals surface area contributed by atoms with E-state index >= 15 is 0 Å². The van der Waals surface area contributed by atoms with E-state index in [2.05, 4.69) is 82.9 Å². The fourth-order valence-electron chi connectivity index (χ4n) is 4.35. The van der Waals surface area contributed by atoms with Gasteiger partial charge in [0.05, 0.1) is 17.6 Å². The number of aryl methyl sites for hydroxylation is 2. The van der Waals surface area contributed by atoms with Gasteiger partial charge in [-0.25, -0.2) is 4.98 Å². The first-order valence-corrected chi connectivity index (χ1v) is 11.9. The Morgan fingerprint density at radius 1 is 1.13 bits per heavy atom. The molecular formula is C24H41N7. The third-order valence-electron chi connectivity index (χ3n) is 6.25. The van der Waals surface area contributed by atoms with Crippen molar-refractivity contribution in [3.05, 3.63) is 30.1 Å². The minimum Gasteiger partial charge on any atom is -0.357 e. The van der Waals surface area contributed by atoms with Gasteiger partial charge in [0.2, 0.25) is 0 Å². The number of aliphatic imine (C=N–C) groups is 1. The SMILES string of the molecule is CCNC(=NCC(C(C)C)N1CCN(C)CC1)NCCCn1c(C)nc2ccccc21. The molecule has 2 aromatic rings. The Morgan fingerprint density at radius 2 is 1.87 bits per heavy atom. The summed E-state index contributed by atoms with van der Waals surface area (Å²) in [7, 11) is 2.21. The van der Waals surface area contributed by atoms with Crippen LogP contribution in [-0.4, -0.2) is 84.2 Å². The first-order valence-electron chi connectivity index (χ1n) is 11.9. The maximum atomic E-state index is 4.95.